The zero-order valence-electron chi connectivity index (χ0n) is 10.4. The molecule has 0 bridgehead atoms. The smallest absolute Gasteiger partial charge is 0.194 e. The highest BCUT2D eigenvalue weighted by molar-refractivity contribution is 6.31. The van der Waals surface area contributed by atoms with E-state index >= 15 is 0 Å². The van der Waals surface area contributed by atoms with Crippen LogP contribution in [0.25, 0.3) is 0 Å². The van der Waals surface area contributed by atoms with E-state index < -0.39 is 0 Å². The third-order valence-electron chi connectivity index (χ3n) is 2.47. The van der Waals surface area contributed by atoms with Crippen molar-refractivity contribution in [1.29, 1.82) is 0 Å². The summed E-state index contributed by atoms with van der Waals surface area (Å²) in [6, 6.07) is 6.40. The van der Waals surface area contributed by atoms with Gasteiger partial charge in [-0.1, -0.05) is 11.6 Å². The van der Waals surface area contributed by atoms with Crippen molar-refractivity contribution >= 4 is 23.1 Å². The Morgan fingerprint density at radius 1 is 1.26 bits per heavy atom. The molecule has 0 aliphatic heterocycles. The van der Waals surface area contributed by atoms with Gasteiger partial charge in [-0.15, -0.1) is 0 Å². The second-order valence-corrected chi connectivity index (χ2v) is 4.38. The normalized spacial score (nSPS) is 10.2. The molecule has 2 N–H and O–H groups in total. The fourth-order valence-electron chi connectivity index (χ4n) is 1.70. The standard InChI is InChI=1S/C14H13ClN2O2/c1-2-19-13-5-10(7-17-8-13)14(18)9-3-11(15)6-12(16)4-9/h3-8H,2,16H2,1H3. The summed E-state index contributed by atoms with van der Waals surface area (Å²) in [6.07, 6.45) is 3.05. The van der Waals surface area contributed by atoms with Crippen molar-refractivity contribution in [2.75, 3.05) is 12.3 Å². The van der Waals surface area contributed by atoms with E-state index in [0.717, 1.165) is 0 Å². The highest BCUT2D eigenvalue weighted by atomic mass is 35.5. The minimum Gasteiger partial charge on any atom is -0.492 e. The van der Waals surface area contributed by atoms with Gasteiger partial charge in [-0.05, 0) is 31.2 Å². The third-order valence-corrected chi connectivity index (χ3v) is 2.69. The lowest BCUT2D eigenvalue weighted by Gasteiger charge is -2.06. The number of nitrogen functional groups attached to an aromatic ring is 1. The quantitative estimate of drug-likeness (QED) is 0.689. The van der Waals surface area contributed by atoms with E-state index in [1.165, 1.54) is 6.20 Å². The molecular weight excluding hydrogens is 264 g/mol. The van der Waals surface area contributed by atoms with Gasteiger partial charge in [0.15, 0.2) is 5.78 Å². The van der Waals surface area contributed by atoms with Gasteiger partial charge >= 0.3 is 0 Å². The Bertz CT molecular complexity index is 594. The molecule has 5 heteroatoms. The molecule has 0 unspecified atom stereocenters. The van der Waals surface area contributed by atoms with Gasteiger partial charge in [-0.3, -0.25) is 9.78 Å². The van der Waals surface area contributed by atoms with Gasteiger partial charge in [0.25, 0.3) is 0 Å². The predicted octanol–water partition coefficient (Wildman–Crippen LogP) is 2.95. The van der Waals surface area contributed by atoms with Crippen LogP contribution in [-0.2, 0) is 0 Å². The third kappa shape index (κ3) is 3.23. The van der Waals surface area contributed by atoms with Crippen molar-refractivity contribution in [1.82, 2.24) is 4.98 Å². The lowest BCUT2D eigenvalue weighted by atomic mass is 10.0. The molecule has 0 amide bonds. The number of nitrogens with zero attached hydrogens (tertiary/aromatic N) is 1. The summed E-state index contributed by atoms with van der Waals surface area (Å²) in [5.41, 5.74) is 6.99. The first-order valence-electron chi connectivity index (χ1n) is 5.78. The molecule has 0 radical (unpaired) electrons. The molecule has 0 saturated heterocycles. The van der Waals surface area contributed by atoms with Crippen LogP contribution in [0.2, 0.25) is 5.02 Å². The van der Waals surface area contributed by atoms with E-state index in [4.69, 9.17) is 22.1 Å². The van der Waals surface area contributed by atoms with Gasteiger partial charge in [0.05, 0.1) is 12.8 Å². The van der Waals surface area contributed by atoms with E-state index in [-0.39, 0.29) is 5.78 Å². The summed E-state index contributed by atoms with van der Waals surface area (Å²) in [6.45, 7) is 2.38. The molecule has 1 aromatic heterocycles. The first-order valence-corrected chi connectivity index (χ1v) is 6.16. The van der Waals surface area contributed by atoms with Crippen LogP contribution in [-0.4, -0.2) is 17.4 Å². The molecule has 98 valence electrons. The highest BCUT2D eigenvalue weighted by Crippen LogP contribution is 2.20. The zero-order chi connectivity index (χ0) is 13.8. The highest BCUT2D eigenvalue weighted by Gasteiger charge is 2.12. The minimum atomic E-state index is -0.191. The number of carbonyl (C=O) groups is 1. The van der Waals surface area contributed by atoms with Crippen molar-refractivity contribution in [3.8, 4) is 5.75 Å². The maximum absolute atomic E-state index is 12.3. The van der Waals surface area contributed by atoms with Crippen LogP contribution in [0.5, 0.6) is 5.75 Å². The fraction of sp³-hybridized carbons (Fsp3) is 0.143. The lowest BCUT2D eigenvalue weighted by Crippen LogP contribution is -2.04. The number of benzene rings is 1. The Balaban J connectivity index is 2.35. The molecule has 0 fully saturated rings. The predicted molar refractivity (Wildman–Crippen MR) is 74.7 cm³/mol. The largest absolute Gasteiger partial charge is 0.492 e. The molecule has 1 heterocycles. The number of carbonyl (C=O) groups excluding carboxylic acids is 1. The number of ether oxygens (including phenoxy) is 1. The van der Waals surface area contributed by atoms with Crippen LogP contribution in [0, 0.1) is 0 Å². The van der Waals surface area contributed by atoms with Crippen LogP contribution < -0.4 is 10.5 Å². The number of rotatable bonds is 4. The second-order valence-electron chi connectivity index (χ2n) is 3.94. The Morgan fingerprint density at radius 3 is 2.74 bits per heavy atom. The van der Waals surface area contributed by atoms with E-state index in [9.17, 15) is 4.79 Å². The van der Waals surface area contributed by atoms with Crippen LogP contribution >= 0.6 is 11.6 Å². The number of hydrogen-bond donors (Lipinski definition) is 1. The number of pyridine rings is 1. The van der Waals surface area contributed by atoms with Gasteiger partial charge in [0.1, 0.15) is 5.75 Å². The number of nitrogens with two attached hydrogens (primary N) is 1. The maximum atomic E-state index is 12.3. The number of ketones is 1. The molecule has 19 heavy (non-hydrogen) atoms. The average molecular weight is 277 g/mol. The SMILES string of the molecule is CCOc1cncc(C(=O)c2cc(N)cc(Cl)c2)c1. The van der Waals surface area contributed by atoms with Gasteiger partial charge in [0, 0.05) is 28.0 Å². The van der Waals surface area contributed by atoms with Gasteiger partial charge in [-0.25, -0.2) is 0 Å². The van der Waals surface area contributed by atoms with Crippen LogP contribution in [0.1, 0.15) is 22.8 Å². The molecule has 1 aromatic carbocycles. The van der Waals surface area contributed by atoms with Crippen LogP contribution in [0.15, 0.2) is 36.7 Å². The number of anilines is 1. The maximum Gasteiger partial charge on any atom is 0.194 e. The molecule has 0 aliphatic rings. The molecule has 4 nitrogen and oxygen atoms in total. The van der Waals surface area contributed by atoms with Crippen molar-refractivity contribution in [2.24, 2.45) is 0 Å². The lowest BCUT2D eigenvalue weighted by molar-refractivity contribution is 0.103. The summed E-state index contributed by atoms with van der Waals surface area (Å²) < 4.78 is 5.31. The van der Waals surface area contributed by atoms with Crippen molar-refractivity contribution in [3.63, 3.8) is 0 Å². The first-order chi connectivity index (χ1) is 9.10. The monoisotopic (exact) mass is 276 g/mol. The van der Waals surface area contributed by atoms with E-state index in [0.29, 0.717) is 34.2 Å². The van der Waals surface area contributed by atoms with E-state index in [2.05, 4.69) is 4.98 Å². The van der Waals surface area contributed by atoms with Crippen molar-refractivity contribution < 1.29 is 9.53 Å². The molecule has 0 atom stereocenters. The second kappa shape index (κ2) is 5.71. The van der Waals surface area contributed by atoms with E-state index in [1.54, 1.807) is 30.5 Å². The fourth-order valence-corrected chi connectivity index (χ4v) is 1.94. The Labute approximate surface area is 116 Å². The topological polar surface area (TPSA) is 65.2 Å². The summed E-state index contributed by atoms with van der Waals surface area (Å²) in [4.78, 5) is 16.3. The number of hydrogen-bond acceptors (Lipinski definition) is 4. The molecule has 2 aromatic rings. The summed E-state index contributed by atoms with van der Waals surface area (Å²) >= 11 is 5.89. The Hall–Kier alpha value is -2.07. The molecule has 0 aliphatic carbocycles. The Morgan fingerprint density at radius 2 is 2.05 bits per heavy atom. The van der Waals surface area contributed by atoms with Crippen LogP contribution in [0.4, 0.5) is 5.69 Å². The van der Waals surface area contributed by atoms with Gasteiger partial charge in [0.2, 0.25) is 0 Å². The van der Waals surface area contributed by atoms with Gasteiger partial charge in [-0.2, -0.15) is 0 Å². The van der Waals surface area contributed by atoms with E-state index in [1.807, 2.05) is 6.92 Å². The molecule has 0 spiro atoms. The summed E-state index contributed by atoms with van der Waals surface area (Å²) in [7, 11) is 0. The minimum absolute atomic E-state index is 0.191. The first kappa shape index (κ1) is 13.4. The zero-order valence-corrected chi connectivity index (χ0v) is 11.1. The van der Waals surface area contributed by atoms with Crippen molar-refractivity contribution in [3.05, 3.63) is 52.8 Å². The number of aromatic nitrogens is 1. The summed E-state index contributed by atoms with van der Waals surface area (Å²) in [5.74, 6) is 0.367. The molecule has 2 rings (SSSR count). The summed E-state index contributed by atoms with van der Waals surface area (Å²) in [5, 5.41) is 0.428. The van der Waals surface area contributed by atoms with Crippen molar-refractivity contribution in [2.45, 2.75) is 6.92 Å². The van der Waals surface area contributed by atoms with Crippen LogP contribution in [0.3, 0.4) is 0 Å². The average Bonchev–Trinajstić information content (AvgIpc) is 2.37. The molecular formula is C14H13ClN2O2. The van der Waals surface area contributed by atoms with Gasteiger partial charge < -0.3 is 10.5 Å². The Kier molecular flexibility index (Phi) is 4.02. The number of halogens is 1. The molecule has 0 saturated carbocycles.